The Morgan fingerprint density at radius 2 is 1.72 bits per heavy atom. The molecule has 11 heteroatoms. The highest BCUT2D eigenvalue weighted by atomic mass is 35.5. The van der Waals surface area contributed by atoms with Crippen LogP contribution in [0, 0.1) is 0 Å². The van der Waals surface area contributed by atoms with Crippen molar-refractivity contribution < 1.29 is 22.7 Å². The number of methoxy groups -OCH3 is 1. The molecule has 0 aromatic heterocycles. The van der Waals surface area contributed by atoms with Crippen LogP contribution in [-0.2, 0) is 26.2 Å². The number of hydrogen-bond donors (Lipinski definition) is 1. The Morgan fingerprint density at radius 3 is 2.28 bits per heavy atom. The van der Waals surface area contributed by atoms with Gasteiger partial charge in [0, 0.05) is 12.6 Å². The Kier molecular flexibility index (Phi) is 9.49. The molecule has 0 spiro atoms. The van der Waals surface area contributed by atoms with Crippen LogP contribution in [0.1, 0.15) is 38.2 Å². The van der Waals surface area contributed by atoms with E-state index >= 15 is 0 Å². The van der Waals surface area contributed by atoms with Crippen molar-refractivity contribution in [1.29, 1.82) is 0 Å². The van der Waals surface area contributed by atoms with Crippen LogP contribution in [0.5, 0.6) is 5.75 Å². The molecule has 0 saturated heterocycles. The lowest BCUT2D eigenvalue weighted by molar-refractivity contribution is -0.139. The van der Waals surface area contributed by atoms with Gasteiger partial charge in [0.2, 0.25) is 21.8 Å². The van der Waals surface area contributed by atoms with Gasteiger partial charge in [0.05, 0.1) is 29.1 Å². The van der Waals surface area contributed by atoms with Crippen LogP contribution in [0.4, 0.5) is 5.69 Å². The highest BCUT2D eigenvalue weighted by molar-refractivity contribution is 7.92. The Hall–Kier alpha value is -2.49. The van der Waals surface area contributed by atoms with Crippen molar-refractivity contribution in [2.24, 2.45) is 0 Å². The van der Waals surface area contributed by atoms with E-state index in [1.807, 2.05) is 0 Å². The number of benzene rings is 2. The molecule has 0 bridgehead atoms. The van der Waals surface area contributed by atoms with E-state index < -0.39 is 28.5 Å². The van der Waals surface area contributed by atoms with Gasteiger partial charge in [-0.1, -0.05) is 42.1 Å². The second kappa shape index (κ2) is 12.2. The number of sulfonamides is 1. The number of hydrogen-bond acceptors (Lipinski definition) is 5. The van der Waals surface area contributed by atoms with Gasteiger partial charge in [0.1, 0.15) is 18.3 Å². The van der Waals surface area contributed by atoms with Crippen LogP contribution in [0.25, 0.3) is 0 Å². The summed E-state index contributed by atoms with van der Waals surface area (Å²) in [6, 6.07) is 10.5. The fourth-order valence-corrected chi connectivity index (χ4v) is 5.34. The van der Waals surface area contributed by atoms with Crippen molar-refractivity contribution in [3.63, 3.8) is 0 Å². The maximum absolute atomic E-state index is 13.6. The minimum atomic E-state index is -3.81. The van der Waals surface area contributed by atoms with Gasteiger partial charge >= 0.3 is 0 Å². The molecule has 1 fully saturated rings. The molecule has 3 rings (SSSR count). The summed E-state index contributed by atoms with van der Waals surface area (Å²) in [5.41, 5.74) is 0.970. The zero-order valence-electron chi connectivity index (χ0n) is 20.5. The molecule has 1 atom stereocenters. The van der Waals surface area contributed by atoms with Gasteiger partial charge in [0.15, 0.2) is 0 Å². The first-order chi connectivity index (χ1) is 17.0. The monoisotopic (exact) mass is 555 g/mol. The molecule has 2 amide bonds. The van der Waals surface area contributed by atoms with E-state index in [2.05, 4.69) is 5.32 Å². The fraction of sp³-hybridized carbons (Fsp3) is 0.440. The lowest BCUT2D eigenvalue weighted by atomic mass is 10.1. The normalized spacial score (nSPS) is 14.8. The third-order valence-electron chi connectivity index (χ3n) is 6.25. The molecule has 1 saturated carbocycles. The SMILES string of the molecule is COc1ccc(N(CC(=O)N(Cc2ccc(Cl)c(Cl)c2)[C@H](C)C(=O)NC2CCCC2)S(C)(=O)=O)cc1. The number of amides is 2. The highest BCUT2D eigenvalue weighted by Crippen LogP contribution is 2.25. The number of ether oxygens (including phenoxy) is 1. The van der Waals surface area contributed by atoms with E-state index in [1.54, 1.807) is 49.4 Å². The molecular formula is C25H31Cl2N3O5S. The fourth-order valence-electron chi connectivity index (χ4n) is 4.17. The van der Waals surface area contributed by atoms with Gasteiger partial charge in [-0.25, -0.2) is 8.42 Å². The summed E-state index contributed by atoms with van der Waals surface area (Å²) in [6.45, 7) is 1.21. The van der Waals surface area contributed by atoms with E-state index in [-0.39, 0.29) is 18.5 Å². The van der Waals surface area contributed by atoms with E-state index in [1.165, 1.54) is 12.0 Å². The Labute approximate surface area is 222 Å². The number of halogens is 2. The smallest absolute Gasteiger partial charge is 0.244 e. The number of rotatable bonds is 10. The standard InChI is InChI=1S/C25H31Cl2N3O5S/c1-17(25(32)28-19-6-4-5-7-19)29(15-18-8-13-22(26)23(27)14-18)24(31)16-30(36(3,33)34)20-9-11-21(35-2)12-10-20/h8-14,17,19H,4-7,15-16H2,1-3H3,(H,28,32)/t17-/m1/s1. The minimum Gasteiger partial charge on any atom is -0.497 e. The van der Waals surface area contributed by atoms with Gasteiger partial charge in [-0.2, -0.15) is 0 Å². The van der Waals surface area contributed by atoms with Crippen LogP contribution in [0.3, 0.4) is 0 Å². The molecule has 0 unspecified atom stereocenters. The maximum atomic E-state index is 13.6. The lowest BCUT2D eigenvalue weighted by Crippen LogP contribution is -2.52. The highest BCUT2D eigenvalue weighted by Gasteiger charge is 2.31. The average Bonchev–Trinajstić information content (AvgIpc) is 3.35. The summed E-state index contributed by atoms with van der Waals surface area (Å²) in [5.74, 6) is -0.265. The van der Waals surface area contributed by atoms with Crippen molar-refractivity contribution in [3.05, 3.63) is 58.1 Å². The van der Waals surface area contributed by atoms with Gasteiger partial charge in [-0.3, -0.25) is 13.9 Å². The molecule has 2 aromatic rings. The zero-order valence-corrected chi connectivity index (χ0v) is 22.9. The largest absolute Gasteiger partial charge is 0.497 e. The Balaban J connectivity index is 1.88. The molecule has 0 heterocycles. The predicted octanol–water partition coefficient (Wildman–Crippen LogP) is 4.24. The molecule has 36 heavy (non-hydrogen) atoms. The van der Waals surface area contributed by atoms with Crippen LogP contribution >= 0.6 is 23.2 Å². The summed E-state index contributed by atoms with van der Waals surface area (Å²) in [4.78, 5) is 28.0. The lowest BCUT2D eigenvalue weighted by Gasteiger charge is -2.32. The second-order valence-corrected chi connectivity index (χ2v) is 11.6. The zero-order chi connectivity index (χ0) is 26.5. The van der Waals surface area contributed by atoms with Crippen molar-refractivity contribution >= 4 is 50.7 Å². The molecule has 2 aromatic carbocycles. The van der Waals surface area contributed by atoms with Crippen LogP contribution in [0.2, 0.25) is 10.0 Å². The first-order valence-electron chi connectivity index (χ1n) is 11.6. The van der Waals surface area contributed by atoms with Crippen LogP contribution < -0.4 is 14.4 Å². The molecule has 1 aliphatic carbocycles. The number of nitrogens with zero attached hydrogens (tertiary/aromatic N) is 2. The number of nitrogens with one attached hydrogen (secondary N) is 1. The Morgan fingerprint density at radius 1 is 1.08 bits per heavy atom. The van der Waals surface area contributed by atoms with Gasteiger partial charge in [-0.15, -0.1) is 0 Å². The minimum absolute atomic E-state index is 0.0508. The molecule has 0 aliphatic heterocycles. The van der Waals surface area contributed by atoms with Crippen LogP contribution in [0.15, 0.2) is 42.5 Å². The van der Waals surface area contributed by atoms with E-state index in [0.29, 0.717) is 27.0 Å². The summed E-state index contributed by atoms with van der Waals surface area (Å²) >= 11 is 12.2. The summed E-state index contributed by atoms with van der Waals surface area (Å²) in [6.07, 6.45) is 4.94. The van der Waals surface area contributed by atoms with Gasteiger partial charge in [0.25, 0.3) is 0 Å². The second-order valence-electron chi connectivity index (χ2n) is 8.90. The number of anilines is 1. The van der Waals surface area contributed by atoms with Gasteiger partial charge < -0.3 is 15.0 Å². The van der Waals surface area contributed by atoms with Gasteiger partial charge in [-0.05, 0) is 61.7 Å². The molecule has 0 radical (unpaired) electrons. The van der Waals surface area contributed by atoms with Crippen molar-refractivity contribution in [1.82, 2.24) is 10.2 Å². The van der Waals surface area contributed by atoms with Crippen LogP contribution in [-0.4, -0.2) is 57.1 Å². The van der Waals surface area contributed by atoms with E-state index in [0.717, 1.165) is 36.2 Å². The molecular weight excluding hydrogens is 525 g/mol. The molecule has 1 N–H and O–H groups in total. The maximum Gasteiger partial charge on any atom is 0.244 e. The molecule has 1 aliphatic rings. The topological polar surface area (TPSA) is 96.0 Å². The molecule has 196 valence electrons. The van der Waals surface area contributed by atoms with Crippen molar-refractivity contribution in [2.45, 2.75) is 51.2 Å². The number of carbonyl (C=O) groups is 2. The summed E-state index contributed by atoms with van der Waals surface area (Å²) < 4.78 is 31.4. The third-order valence-corrected chi connectivity index (χ3v) is 8.12. The first-order valence-corrected chi connectivity index (χ1v) is 14.3. The predicted molar refractivity (Wildman–Crippen MR) is 142 cm³/mol. The molecule has 8 nitrogen and oxygen atoms in total. The Bertz CT molecular complexity index is 1180. The van der Waals surface area contributed by atoms with E-state index in [9.17, 15) is 18.0 Å². The summed E-state index contributed by atoms with van der Waals surface area (Å²) in [5, 5.41) is 3.71. The average molecular weight is 557 g/mol. The van der Waals surface area contributed by atoms with E-state index in [4.69, 9.17) is 27.9 Å². The van der Waals surface area contributed by atoms with Crippen molar-refractivity contribution in [2.75, 3.05) is 24.2 Å². The third kappa shape index (κ3) is 7.27. The quantitative estimate of drug-likeness (QED) is 0.472. The number of carbonyl (C=O) groups excluding carboxylic acids is 2. The summed E-state index contributed by atoms with van der Waals surface area (Å²) in [7, 11) is -2.30. The van der Waals surface area contributed by atoms with Crippen molar-refractivity contribution in [3.8, 4) is 5.75 Å². The first kappa shape index (κ1) is 28.1.